The van der Waals surface area contributed by atoms with Crippen molar-refractivity contribution in [2.75, 3.05) is 11.9 Å². The monoisotopic (exact) mass is 351 g/mol. The molecule has 134 valence electrons. The molecule has 6 nitrogen and oxygen atoms in total. The van der Waals surface area contributed by atoms with Crippen molar-refractivity contribution in [3.8, 4) is 0 Å². The third kappa shape index (κ3) is 4.27. The van der Waals surface area contributed by atoms with Crippen molar-refractivity contribution in [3.63, 3.8) is 0 Å². The molecule has 0 fully saturated rings. The molecule has 3 rings (SSSR count). The third-order valence-electron chi connectivity index (χ3n) is 4.05. The maximum absolute atomic E-state index is 12.0. The molecular formula is C20H21N3O3. The molecule has 1 heterocycles. The summed E-state index contributed by atoms with van der Waals surface area (Å²) in [6, 6.07) is 15.1. The van der Waals surface area contributed by atoms with Gasteiger partial charge in [-0.1, -0.05) is 38.1 Å². The van der Waals surface area contributed by atoms with Gasteiger partial charge in [0.15, 0.2) is 6.61 Å². The largest absolute Gasteiger partial charge is 0.454 e. The van der Waals surface area contributed by atoms with Crippen molar-refractivity contribution in [1.82, 2.24) is 9.55 Å². The van der Waals surface area contributed by atoms with E-state index in [0.717, 1.165) is 11.0 Å². The molecule has 0 spiro atoms. The Hall–Kier alpha value is -3.15. The summed E-state index contributed by atoms with van der Waals surface area (Å²) in [4.78, 5) is 28.1. The highest BCUT2D eigenvalue weighted by atomic mass is 16.5. The van der Waals surface area contributed by atoms with Gasteiger partial charge in [-0.05, 0) is 35.7 Å². The number of ether oxygens (including phenoxy) is 1. The van der Waals surface area contributed by atoms with Crippen LogP contribution in [0.4, 0.5) is 5.69 Å². The number of amides is 1. The van der Waals surface area contributed by atoms with Crippen LogP contribution >= 0.6 is 0 Å². The van der Waals surface area contributed by atoms with Crippen molar-refractivity contribution >= 4 is 28.6 Å². The minimum Gasteiger partial charge on any atom is -0.454 e. The summed E-state index contributed by atoms with van der Waals surface area (Å²) in [6.45, 7) is 3.90. The van der Waals surface area contributed by atoms with Crippen LogP contribution in [-0.2, 0) is 20.9 Å². The van der Waals surface area contributed by atoms with E-state index < -0.39 is 5.97 Å². The van der Waals surface area contributed by atoms with Gasteiger partial charge in [0.25, 0.3) is 5.91 Å². The first-order chi connectivity index (χ1) is 12.5. The number of imidazole rings is 1. The van der Waals surface area contributed by atoms with Crippen LogP contribution in [0.5, 0.6) is 0 Å². The lowest BCUT2D eigenvalue weighted by atomic mass is 10.0. The predicted octanol–water partition coefficient (Wildman–Crippen LogP) is 3.34. The van der Waals surface area contributed by atoms with Gasteiger partial charge in [-0.3, -0.25) is 9.59 Å². The predicted molar refractivity (Wildman–Crippen MR) is 99.9 cm³/mol. The van der Waals surface area contributed by atoms with Crippen molar-refractivity contribution in [2.45, 2.75) is 26.3 Å². The zero-order chi connectivity index (χ0) is 18.5. The molecule has 0 unspecified atom stereocenters. The summed E-state index contributed by atoms with van der Waals surface area (Å²) in [7, 11) is 0. The van der Waals surface area contributed by atoms with Crippen LogP contribution < -0.4 is 5.32 Å². The first-order valence-corrected chi connectivity index (χ1v) is 8.48. The van der Waals surface area contributed by atoms with Crippen LogP contribution in [0.25, 0.3) is 11.0 Å². The Morgan fingerprint density at radius 1 is 1.12 bits per heavy atom. The van der Waals surface area contributed by atoms with E-state index in [1.807, 2.05) is 48.5 Å². The Balaban J connectivity index is 1.50. The van der Waals surface area contributed by atoms with Gasteiger partial charge in [0.2, 0.25) is 0 Å². The molecule has 0 aliphatic carbocycles. The average molecular weight is 351 g/mol. The number of carbonyl (C=O) groups excluding carboxylic acids is 2. The summed E-state index contributed by atoms with van der Waals surface area (Å²) >= 11 is 0. The SMILES string of the molecule is CC(C)c1ccc(NC(=O)COC(=O)Cn2cnc3ccccc32)cc1. The Kier molecular flexibility index (Phi) is 5.31. The third-order valence-corrected chi connectivity index (χ3v) is 4.05. The van der Waals surface area contributed by atoms with Crippen molar-refractivity contribution in [3.05, 3.63) is 60.4 Å². The number of hydrogen-bond acceptors (Lipinski definition) is 4. The molecule has 6 heteroatoms. The fourth-order valence-corrected chi connectivity index (χ4v) is 2.62. The van der Waals surface area contributed by atoms with Gasteiger partial charge in [0.05, 0.1) is 17.4 Å². The molecule has 0 radical (unpaired) electrons. The van der Waals surface area contributed by atoms with E-state index in [2.05, 4.69) is 24.1 Å². The van der Waals surface area contributed by atoms with E-state index in [-0.39, 0.29) is 19.1 Å². The Morgan fingerprint density at radius 2 is 1.85 bits per heavy atom. The standard InChI is InChI=1S/C20H21N3O3/c1-14(2)15-7-9-16(10-8-15)22-19(24)12-26-20(25)11-23-13-21-17-5-3-4-6-18(17)23/h3-10,13-14H,11-12H2,1-2H3,(H,22,24). The molecule has 1 amide bonds. The maximum Gasteiger partial charge on any atom is 0.326 e. The lowest BCUT2D eigenvalue weighted by Gasteiger charge is -2.09. The molecule has 0 aliphatic heterocycles. The van der Waals surface area contributed by atoms with E-state index in [1.54, 1.807) is 10.9 Å². The molecule has 1 aromatic heterocycles. The number of benzene rings is 2. The van der Waals surface area contributed by atoms with E-state index in [1.165, 1.54) is 5.56 Å². The first kappa shape index (κ1) is 17.7. The molecule has 0 saturated carbocycles. The van der Waals surface area contributed by atoms with Crippen LogP contribution in [0.2, 0.25) is 0 Å². The number of hydrogen-bond donors (Lipinski definition) is 1. The number of nitrogens with zero attached hydrogens (tertiary/aromatic N) is 2. The number of esters is 1. The van der Waals surface area contributed by atoms with Crippen LogP contribution in [0.3, 0.4) is 0 Å². The van der Waals surface area contributed by atoms with Crippen LogP contribution in [-0.4, -0.2) is 28.0 Å². The lowest BCUT2D eigenvalue weighted by molar-refractivity contribution is -0.147. The van der Waals surface area contributed by atoms with E-state index in [9.17, 15) is 9.59 Å². The van der Waals surface area contributed by atoms with Crippen LogP contribution in [0, 0.1) is 0 Å². The topological polar surface area (TPSA) is 73.2 Å². The van der Waals surface area contributed by atoms with Gasteiger partial charge in [0, 0.05) is 5.69 Å². The van der Waals surface area contributed by atoms with Crippen LogP contribution in [0.1, 0.15) is 25.3 Å². The number of nitrogens with one attached hydrogen (secondary N) is 1. The maximum atomic E-state index is 12.0. The van der Waals surface area contributed by atoms with Crippen molar-refractivity contribution in [1.29, 1.82) is 0 Å². The molecule has 0 aliphatic rings. The second-order valence-electron chi connectivity index (χ2n) is 6.35. The second kappa shape index (κ2) is 7.82. The molecule has 3 aromatic rings. The highest BCUT2D eigenvalue weighted by molar-refractivity contribution is 5.92. The second-order valence-corrected chi connectivity index (χ2v) is 6.35. The highest BCUT2D eigenvalue weighted by Crippen LogP contribution is 2.17. The van der Waals surface area contributed by atoms with Gasteiger partial charge in [-0.15, -0.1) is 0 Å². The summed E-state index contributed by atoms with van der Waals surface area (Å²) in [5, 5.41) is 2.72. The van der Waals surface area contributed by atoms with Gasteiger partial charge in [-0.2, -0.15) is 0 Å². The average Bonchev–Trinajstić information content (AvgIpc) is 3.03. The zero-order valence-corrected chi connectivity index (χ0v) is 14.8. The van der Waals surface area contributed by atoms with Gasteiger partial charge in [0.1, 0.15) is 6.54 Å². The highest BCUT2D eigenvalue weighted by Gasteiger charge is 2.11. The summed E-state index contributed by atoms with van der Waals surface area (Å²) in [5.74, 6) is -0.426. The quantitative estimate of drug-likeness (QED) is 0.691. The van der Waals surface area contributed by atoms with Gasteiger partial charge in [-0.25, -0.2) is 4.98 Å². The zero-order valence-electron chi connectivity index (χ0n) is 14.8. The number of anilines is 1. The molecule has 0 saturated heterocycles. The van der Waals surface area contributed by atoms with Gasteiger partial charge < -0.3 is 14.6 Å². The van der Waals surface area contributed by atoms with E-state index >= 15 is 0 Å². The number of rotatable bonds is 6. The molecule has 0 atom stereocenters. The van der Waals surface area contributed by atoms with E-state index in [0.29, 0.717) is 11.6 Å². The Bertz CT molecular complexity index is 913. The summed E-state index contributed by atoms with van der Waals surface area (Å²) in [6.07, 6.45) is 1.59. The van der Waals surface area contributed by atoms with Crippen molar-refractivity contribution in [2.24, 2.45) is 0 Å². The molecule has 2 aromatic carbocycles. The molecule has 1 N–H and O–H groups in total. The summed E-state index contributed by atoms with van der Waals surface area (Å²) < 4.78 is 6.76. The number of aromatic nitrogens is 2. The fourth-order valence-electron chi connectivity index (χ4n) is 2.62. The van der Waals surface area contributed by atoms with Gasteiger partial charge >= 0.3 is 5.97 Å². The number of para-hydroxylation sites is 2. The normalized spacial score (nSPS) is 10.9. The fraction of sp³-hybridized carbons (Fsp3) is 0.250. The van der Waals surface area contributed by atoms with Crippen LogP contribution in [0.15, 0.2) is 54.9 Å². The molecular weight excluding hydrogens is 330 g/mol. The Labute approximate surface area is 151 Å². The molecule has 0 bridgehead atoms. The Morgan fingerprint density at radius 3 is 2.58 bits per heavy atom. The minimum atomic E-state index is -0.488. The number of fused-ring (bicyclic) bond motifs is 1. The molecule has 26 heavy (non-hydrogen) atoms. The van der Waals surface area contributed by atoms with Crippen molar-refractivity contribution < 1.29 is 14.3 Å². The minimum absolute atomic E-state index is 0.0108. The number of carbonyl (C=O) groups is 2. The van der Waals surface area contributed by atoms with E-state index in [4.69, 9.17) is 4.74 Å². The summed E-state index contributed by atoms with van der Waals surface area (Å²) in [5.41, 5.74) is 3.53. The lowest BCUT2D eigenvalue weighted by Crippen LogP contribution is -2.22. The smallest absolute Gasteiger partial charge is 0.326 e. The first-order valence-electron chi connectivity index (χ1n) is 8.48.